The van der Waals surface area contributed by atoms with Crippen LogP contribution in [0.3, 0.4) is 0 Å². The van der Waals surface area contributed by atoms with E-state index in [9.17, 15) is 14.4 Å². The second kappa shape index (κ2) is 6.07. The quantitative estimate of drug-likeness (QED) is 0.540. The van der Waals surface area contributed by atoms with Crippen molar-refractivity contribution in [1.29, 1.82) is 0 Å². The van der Waals surface area contributed by atoms with Gasteiger partial charge in [0.1, 0.15) is 5.52 Å². The molecule has 1 fully saturated rings. The summed E-state index contributed by atoms with van der Waals surface area (Å²) in [5, 5.41) is 2.88. The molecule has 2 aromatic heterocycles. The monoisotopic (exact) mass is 315 g/mol. The van der Waals surface area contributed by atoms with E-state index >= 15 is 0 Å². The van der Waals surface area contributed by atoms with Gasteiger partial charge < -0.3 is 20.2 Å². The Morgan fingerprint density at radius 2 is 2.17 bits per heavy atom. The Morgan fingerprint density at radius 1 is 1.39 bits per heavy atom. The SMILES string of the molecule is C=CC(=O)N[C@@H]1CCCN(c2nccc3[nH]c(=O)c(=O)[nH]c23)C1. The molecule has 0 aliphatic carbocycles. The summed E-state index contributed by atoms with van der Waals surface area (Å²) in [6, 6.07) is 1.62. The number of aromatic nitrogens is 3. The van der Waals surface area contributed by atoms with Crippen molar-refractivity contribution in [2.45, 2.75) is 18.9 Å². The van der Waals surface area contributed by atoms with Crippen LogP contribution in [0.2, 0.25) is 0 Å². The van der Waals surface area contributed by atoms with Gasteiger partial charge in [0.25, 0.3) is 0 Å². The van der Waals surface area contributed by atoms with Gasteiger partial charge in [-0.2, -0.15) is 0 Å². The first-order valence-corrected chi connectivity index (χ1v) is 7.37. The van der Waals surface area contributed by atoms with E-state index in [1.165, 1.54) is 6.08 Å². The molecule has 1 amide bonds. The van der Waals surface area contributed by atoms with E-state index in [2.05, 4.69) is 26.8 Å². The number of rotatable bonds is 3. The smallest absolute Gasteiger partial charge is 0.314 e. The summed E-state index contributed by atoms with van der Waals surface area (Å²) in [7, 11) is 0. The van der Waals surface area contributed by atoms with Crippen LogP contribution in [0.15, 0.2) is 34.5 Å². The number of fused-ring (bicyclic) bond motifs is 1. The maximum Gasteiger partial charge on any atom is 0.314 e. The van der Waals surface area contributed by atoms with Crippen LogP contribution in [0.1, 0.15) is 12.8 Å². The van der Waals surface area contributed by atoms with Crippen molar-refractivity contribution in [3.8, 4) is 0 Å². The van der Waals surface area contributed by atoms with E-state index in [0.717, 1.165) is 19.4 Å². The van der Waals surface area contributed by atoms with Gasteiger partial charge in [0.05, 0.1) is 5.52 Å². The molecule has 2 aromatic rings. The number of piperidine rings is 1. The van der Waals surface area contributed by atoms with E-state index in [4.69, 9.17) is 0 Å². The van der Waals surface area contributed by atoms with E-state index in [1.807, 2.05) is 4.90 Å². The highest BCUT2D eigenvalue weighted by Gasteiger charge is 2.23. The summed E-state index contributed by atoms with van der Waals surface area (Å²) in [5.74, 6) is 0.383. The predicted octanol–water partition coefficient (Wildman–Crippen LogP) is -0.118. The van der Waals surface area contributed by atoms with Crippen molar-refractivity contribution in [2.24, 2.45) is 0 Å². The van der Waals surface area contributed by atoms with Gasteiger partial charge in [0.2, 0.25) is 5.91 Å². The molecule has 1 aliphatic heterocycles. The molecule has 0 unspecified atom stereocenters. The number of hydrogen-bond donors (Lipinski definition) is 3. The largest absolute Gasteiger partial charge is 0.353 e. The van der Waals surface area contributed by atoms with Crippen molar-refractivity contribution in [3.05, 3.63) is 45.6 Å². The molecule has 0 saturated carbocycles. The van der Waals surface area contributed by atoms with Crippen LogP contribution in [0.5, 0.6) is 0 Å². The Balaban J connectivity index is 1.94. The van der Waals surface area contributed by atoms with Crippen LogP contribution < -0.4 is 21.3 Å². The summed E-state index contributed by atoms with van der Waals surface area (Å²) in [5.41, 5.74) is -0.380. The number of nitrogens with one attached hydrogen (secondary N) is 3. The molecule has 0 bridgehead atoms. The zero-order valence-electron chi connectivity index (χ0n) is 12.5. The topological polar surface area (TPSA) is 111 Å². The first-order valence-electron chi connectivity index (χ1n) is 7.37. The molecule has 3 N–H and O–H groups in total. The molecule has 0 radical (unpaired) electrons. The van der Waals surface area contributed by atoms with Crippen molar-refractivity contribution >= 4 is 22.8 Å². The normalized spacial score (nSPS) is 17.9. The lowest BCUT2D eigenvalue weighted by atomic mass is 10.1. The van der Waals surface area contributed by atoms with E-state index in [1.54, 1.807) is 12.3 Å². The fourth-order valence-corrected chi connectivity index (χ4v) is 2.81. The molecule has 8 heteroatoms. The molecule has 120 valence electrons. The third-order valence-corrected chi connectivity index (χ3v) is 3.88. The van der Waals surface area contributed by atoms with Crippen LogP contribution >= 0.6 is 0 Å². The molecular formula is C15H17N5O3. The van der Waals surface area contributed by atoms with Gasteiger partial charge in [-0.15, -0.1) is 0 Å². The first-order chi connectivity index (χ1) is 11.1. The van der Waals surface area contributed by atoms with Crippen LogP contribution in [0.4, 0.5) is 5.82 Å². The molecule has 3 rings (SSSR count). The van der Waals surface area contributed by atoms with Crippen molar-refractivity contribution in [3.63, 3.8) is 0 Å². The zero-order chi connectivity index (χ0) is 16.4. The minimum atomic E-state index is -0.708. The highest BCUT2D eigenvalue weighted by atomic mass is 16.2. The van der Waals surface area contributed by atoms with Gasteiger partial charge in [-0.05, 0) is 25.0 Å². The van der Waals surface area contributed by atoms with Gasteiger partial charge in [0, 0.05) is 25.3 Å². The molecule has 0 aromatic carbocycles. The second-order valence-corrected chi connectivity index (χ2v) is 5.46. The fourth-order valence-electron chi connectivity index (χ4n) is 2.81. The Morgan fingerprint density at radius 3 is 2.96 bits per heavy atom. The lowest BCUT2D eigenvalue weighted by Gasteiger charge is -2.34. The van der Waals surface area contributed by atoms with Gasteiger partial charge >= 0.3 is 11.1 Å². The van der Waals surface area contributed by atoms with Crippen molar-refractivity contribution in [2.75, 3.05) is 18.0 Å². The standard InChI is InChI=1S/C15H17N5O3/c1-2-11(21)17-9-4-3-7-20(8-9)13-12-10(5-6-16-13)18-14(22)15(23)19-12/h2,5-6,9H,1,3-4,7-8H2,(H,17,21)(H,18,22)(H,19,23)/t9-/m1/s1. The molecule has 0 spiro atoms. The van der Waals surface area contributed by atoms with Gasteiger partial charge in [0.15, 0.2) is 5.82 Å². The number of aromatic amines is 2. The van der Waals surface area contributed by atoms with Crippen LogP contribution in [-0.2, 0) is 4.79 Å². The average Bonchev–Trinajstić information content (AvgIpc) is 2.55. The summed E-state index contributed by atoms with van der Waals surface area (Å²) in [4.78, 5) is 46.0. The third-order valence-electron chi connectivity index (χ3n) is 3.88. The zero-order valence-corrected chi connectivity index (χ0v) is 12.5. The number of carbonyl (C=O) groups excluding carboxylic acids is 1. The van der Waals surface area contributed by atoms with Crippen molar-refractivity contribution < 1.29 is 4.79 Å². The summed E-state index contributed by atoms with van der Waals surface area (Å²) in [6.45, 7) is 4.78. The minimum Gasteiger partial charge on any atom is -0.353 e. The molecule has 1 atom stereocenters. The lowest BCUT2D eigenvalue weighted by Crippen LogP contribution is -2.47. The fraction of sp³-hybridized carbons (Fsp3) is 0.333. The number of anilines is 1. The first kappa shape index (κ1) is 15.0. The Labute approximate surface area is 131 Å². The van der Waals surface area contributed by atoms with Gasteiger partial charge in [-0.3, -0.25) is 14.4 Å². The molecule has 8 nitrogen and oxygen atoms in total. The number of carbonyl (C=O) groups is 1. The number of hydrogen-bond acceptors (Lipinski definition) is 5. The highest BCUT2D eigenvalue weighted by Crippen LogP contribution is 2.23. The maximum absolute atomic E-state index is 11.6. The summed E-state index contributed by atoms with van der Waals surface area (Å²) in [6.07, 6.45) is 4.58. The lowest BCUT2D eigenvalue weighted by molar-refractivity contribution is -0.117. The number of amides is 1. The van der Waals surface area contributed by atoms with Crippen LogP contribution in [-0.4, -0.2) is 40.0 Å². The summed E-state index contributed by atoms with van der Waals surface area (Å²) >= 11 is 0. The second-order valence-electron chi connectivity index (χ2n) is 5.46. The van der Waals surface area contributed by atoms with E-state index in [-0.39, 0.29) is 11.9 Å². The average molecular weight is 315 g/mol. The number of H-pyrrole nitrogens is 2. The Hall–Kier alpha value is -2.90. The predicted molar refractivity (Wildman–Crippen MR) is 86.6 cm³/mol. The molecule has 3 heterocycles. The van der Waals surface area contributed by atoms with E-state index < -0.39 is 11.1 Å². The van der Waals surface area contributed by atoms with Crippen molar-refractivity contribution in [1.82, 2.24) is 20.3 Å². The molecule has 1 saturated heterocycles. The Bertz CT molecular complexity index is 869. The van der Waals surface area contributed by atoms with Gasteiger partial charge in [-0.1, -0.05) is 6.58 Å². The maximum atomic E-state index is 11.6. The summed E-state index contributed by atoms with van der Waals surface area (Å²) < 4.78 is 0. The molecule has 1 aliphatic rings. The Kier molecular flexibility index (Phi) is 3.96. The molecular weight excluding hydrogens is 298 g/mol. The third kappa shape index (κ3) is 3.01. The number of pyridine rings is 1. The minimum absolute atomic E-state index is 0.0132. The van der Waals surface area contributed by atoms with Gasteiger partial charge in [-0.25, -0.2) is 4.98 Å². The van der Waals surface area contributed by atoms with E-state index in [0.29, 0.717) is 23.4 Å². The highest BCUT2D eigenvalue weighted by molar-refractivity contribution is 5.87. The number of nitrogens with zero attached hydrogens (tertiary/aromatic N) is 2. The van der Waals surface area contributed by atoms with Crippen LogP contribution in [0.25, 0.3) is 11.0 Å². The van der Waals surface area contributed by atoms with Crippen LogP contribution in [0, 0.1) is 0 Å². The molecule has 23 heavy (non-hydrogen) atoms.